The van der Waals surface area contributed by atoms with Gasteiger partial charge in [0, 0.05) is 47.2 Å². The van der Waals surface area contributed by atoms with Crippen LogP contribution in [0.1, 0.15) is 34.8 Å². The Morgan fingerprint density at radius 2 is 1.75 bits per heavy atom. The largest absolute Gasteiger partial charge is 0.494 e. The van der Waals surface area contributed by atoms with Crippen molar-refractivity contribution in [2.24, 2.45) is 4.99 Å². The molecule has 4 aromatic rings. The molecule has 10 heteroatoms. The second-order valence-electron chi connectivity index (χ2n) is 10.5. The molecule has 8 nitrogen and oxygen atoms in total. The molecule has 2 aliphatic heterocycles. The first kappa shape index (κ1) is 29.8. The molecule has 4 aromatic carbocycles. The van der Waals surface area contributed by atoms with Crippen LogP contribution in [0, 0.1) is 0 Å². The third-order valence-corrected chi connectivity index (χ3v) is 8.04. The summed E-state index contributed by atoms with van der Waals surface area (Å²) < 4.78 is 23.2. The normalized spacial score (nSPS) is 18.4. The zero-order chi connectivity index (χ0) is 30.5. The lowest BCUT2D eigenvalue weighted by Gasteiger charge is -2.31. The first-order valence-corrected chi connectivity index (χ1v) is 15.0. The third kappa shape index (κ3) is 6.33. The molecule has 0 spiro atoms. The maximum Gasteiger partial charge on any atom is 0.252 e. The maximum absolute atomic E-state index is 14.5. The molecule has 0 saturated heterocycles. The van der Waals surface area contributed by atoms with Crippen molar-refractivity contribution in [1.29, 1.82) is 0 Å². The van der Waals surface area contributed by atoms with Crippen molar-refractivity contribution in [2.45, 2.75) is 31.0 Å². The van der Waals surface area contributed by atoms with Gasteiger partial charge in [-0.1, -0.05) is 65.7 Å². The zero-order valence-corrected chi connectivity index (χ0v) is 25.2. The average Bonchev–Trinajstić information content (AvgIpc) is 3.66. The van der Waals surface area contributed by atoms with Crippen LogP contribution in [0.2, 0.25) is 10.0 Å². The molecule has 2 N–H and O–H groups in total. The minimum atomic E-state index is -1.42. The van der Waals surface area contributed by atoms with E-state index in [9.17, 15) is 4.79 Å². The highest BCUT2D eigenvalue weighted by Gasteiger charge is 2.53. The molecule has 2 aliphatic rings. The lowest BCUT2D eigenvalue weighted by atomic mass is 9.82. The Labute approximate surface area is 265 Å². The van der Waals surface area contributed by atoms with Gasteiger partial charge in [-0.05, 0) is 59.7 Å². The topological polar surface area (TPSA) is 98.6 Å². The van der Waals surface area contributed by atoms with Gasteiger partial charge in [-0.15, -0.1) is 0 Å². The Bertz CT molecular complexity index is 1660. The Hall–Kier alpha value is -4.24. The smallest absolute Gasteiger partial charge is 0.252 e. The standard InChI is InChI=1S/C34H30Cl2N2O6/c35-25-10-13-27(28(36)18-25)31-34(19-22-5-2-1-3-6-22,33(40)37-20-23-7-14-29-30(17-23)43-21-42-29)38-32(44-31)24-8-11-26(12-9-24)41-16-4-15-39/h1-3,5-14,17-18,31,39H,4,15-16,19-21H2,(H,37,40)/t31-,34-/m1/s1. The van der Waals surface area contributed by atoms with Crippen molar-refractivity contribution < 1.29 is 28.8 Å². The first-order valence-electron chi connectivity index (χ1n) is 14.2. The first-order chi connectivity index (χ1) is 21.4. The van der Waals surface area contributed by atoms with Crippen LogP contribution in [0.5, 0.6) is 17.2 Å². The van der Waals surface area contributed by atoms with Crippen LogP contribution in [0.4, 0.5) is 0 Å². The second-order valence-corrected chi connectivity index (χ2v) is 11.3. The van der Waals surface area contributed by atoms with E-state index in [-0.39, 0.29) is 32.3 Å². The number of nitrogens with zero attached hydrogens (tertiary/aromatic N) is 1. The van der Waals surface area contributed by atoms with Gasteiger partial charge in [0.25, 0.3) is 5.91 Å². The van der Waals surface area contributed by atoms with Crippen molar-refractivity contribution in [3.05, 3.63) is 123 Å². The highest BCUT2D eigenvalue weighted by Crippen LogP contribution is 2.45. The summed E-state index contributed by atoms with van der Waals surface area (Å²) in [6.07, 6.45) is -0.0828. The summed E-state index contributed by atoms with van der Waals surface area (Å²) in [7, 11) is 0. The molecule has 0 saturated carbocycles. The summed E-state index contributed by atoms with van der Waals surface area (Å²) in [5.41, 5.74) is 1.60. The number of rotatable bonds is 11. The summed E-state index contributed by atoms with van der Waals surface area (Å²) in [5.74, 6) is 1.93. The molecular formula is C34H30Cl2N2O6. The fourth-order valence-electron chi connectivity index (χ4n) is 5.27. The Morgan fingerprint density at radius 3 is 2.52 bits per heavy atom. The Balaban J connectivity index is 1.38. The minimum Gasteiger partial charge on any atom is -0.494 e. The van der Waals surface area contributed by atoms with E-state index < -0.39 is 11.6 Å². The van der Waals surface area contributed by atoms with Crippen LogP contribution in [-0.2, 0) is 22.5 Å². The van der Waals surface area contributed by atoms with E-state index in [0.29, 0.717) is 57.3 Å². The van der Waals surface area contributed by atoms with Gasteiger partial charge in [-0.25, -0.2) is 4.99 Å². The number of aliphatic hydroxyl groups excluding tert-OH is 1. The molecule has 1 amide bonds. The molecular weight excluding hydrogens is 603 g/mol. The van der Waals surface area contributed by atoms with Crippen LogP contribution in [-0.4, -0.2) is 42.5 Å². The monoisotopic (exact) mass is 632 g/mol. The molecule has 0 radical (unpaired) electrons. The van der Waals surface area contributed by atoms with Crippen LogP contribution >= 0.6 is 23.2 Å². The summed E-state index contributed by atoms with van der Waals surface area (Å²) in [6, 6.07) is 27.7. The van der Waals surface area contributed by atoms with E-state index in [4.69, 9.17) is 52.2 Å². The molecule has 6 rings (SSSR count). The number of hydrogen-bond donors (Lipinski definition) is 2. The molecule has 2 atom stereocenters. The number of carbonyl (C=O) groups is 1. The van der Waals surface area contributed by atoms with E-state index in [1.165, 1.54) is 0 Å². The molecule has 0 fully saturated rings. The SMILES string of the molecule is O=C(NCc1ccc2c(c1)OCO2)[C@]1(Cc2ccccc2)N=C(c2ccc(OCCCO)cc2)O[C@@H]1c1ccc(Cl)cc1Cl. The van der Waals surface area contributed by atoms with Crippen molar-refractivity contribution in [2.75, 3.05) is 20.0 Å². The molecule has 0 aliphatic carbocycles. The summed E-state index contributed by atoms with van der Waals surface area (Å²) in [5, 5.41) is 13.0. The Morgan fingerprint density at radius 1 is 0.955 bits per heavy atom. The summed E-state index contributed by atoms with van der Waals surface area (Å²) in [6.45, 7) is 0.850. The molecule has 2 heterocycles. The molecule has 0 aromatic heterocycles. The van der Waals surface area contributed by atoms with Gasteiger partial charge in [0.2, 0.25) is 12.7 Å². The summed E-state index contributed by atoms with van der Waals surface area (Å²) in [4.78, 5) is 19.5. The predicted octanol–water partition coefficient (Wildman–Crippen LogP) is 6.30. The number of ether oxygens (including phenoxy) is 4. The molecule has 0 unspecified atom stereocenters. The molecule has 226 valence electrons. The fourth-order valence-corrected chi connectivity index (χ4v) is 5.77. The van der Waals surface area contributed by atoms with Crippen LogP contribution in [0.25, 0.3) is 0 Å². The van der Waals surface area contributed by atoms with Gasteiger partial charge in [-0.2, -0.15) is 0 Å². The van der Waals surface area contributed by atoms with Crippen LogP contribution < -0.4 is 19.5 Å². The van der Waals surface area contributed by atoms with Gasteiger partial charge in [0.15, 0.2) is 23.1 Å². The van der Waals surface area contributed by atoms with E-state index >= 15 is 0 Å². The minimum absolute atomic E-state index is 0.0532. The van der Waals surface area contributed by atoms with E-state index in [1.807, 2.05) is 60.7 Å². The number of halogens is 2. The van der Waals surface area contributed by atoms with Gasteiger partial charge < -0.3 is 29.4 Å². The number of aliphatic hydroxyl groups is 1. The highest BCUT2D eigenvalue weighted by atomic mass is 35.5. The number of nitrogens with one attached hydrogen (secondary N) is 1. The number of amides is 1. The highest BCUT2D eigenvalue weighted by molar-refractivity contribution is 6.35. The number of benzene rings is 4. The van der Waals surface area contributed by atoms with E-state index in [0.717, 1.165) is 11.1 Å². The number of hydrogen-bond acceptors (Lipinski definition) is 7. The van der Waals surface area contributed by atoms with Gasteiger partial charge in [0.05, 0.1) is 6.61 Å². The van der Waals surface area contributed by atoms with Crippen molar-refractivity contribution in [1.82, 2.24) is 5.32 Å². The Kier molecular flexibility index (Phi) is 8.93. The van der Waals surface area contributed by atoms with Crippen molar-refractivity contribution >= 4 is 35.0 Å². The fraction of sp³-hybridized carbons (Fsp3) is 0.235. The number of aliphatic imine (C=N–C) groups is 1. The van der Waals surface area contributed by atoms with Crippen molar-refractivity contribution in [3.8, 4) is 17.2 Å². The van der Waals surface area contributed by atoms with Gasteiger partial charge in [-0.3, -0.25) is 4.79 Å². The lowest BCUT2D eigenvalue weighted by molar-refractivity contribution is -0.129. The third-order valence-electron chi connectivity index (χ3n) is 7.48. The van der Waals surface area contributed by atoms with E-state index in [2.05, 4.69) is 5.32 Å². The number of fused-ring (bicyclic) bond motifs is 1. The maximum atomic E-state index is 14.5. The van der Waals surface area contributed by atoms with Crippen LogP contribution in [0.15, 0.2) is 96.0 Å². The second kappa shape index (κ2) is 13.2. The average molecular weight is 634 g/mol. The quantitative estimate of drug-likeness (QED) is 0.188. The molecule has 44 heavy (non-hydrogen) atoms. The lowest BCUT2D eigenvalue weighted by Crippen LogP contribution is -2.49. The van der Waals surface area contributed by atoms with Gasteiger partial charge in [0.1, 0.15) is 5.75 Å². The predicted molar refractivity (Wildman–Crippen MR) is 168 cm³/mol. The van der Waals surface area contributed by atoms with Gasteiger partial charge >= 0.3 is 0 Å². The molecule has 0 bridgehead atoms. The number of carbonyl (C=O) groups excluding carboxylic acids is 1. The van der Waals surface area contributed by atoms with Crippen molar-refractivity contribution in [3.63, 3.8) is 0 Å². The van der Waals surface area contributed by atoms with E-state index in [1.54, 1.807) is 30.3 Å². The van der Waals surface area contributed by atoms with Crippen LogP contribution in [0.3, 0.4) is 0 Å². The zero-order valence-electron chi connectivity index (χ0n) is 23.7. The summed E-state index contributed by atoms with van der Waals surface area (Å²) >= 11 is 13.0.